The van der Waals surface area contributed by atoms with Crippen molar-refractivity contribution in [3.8, 4) is 11.1 Å². The molecule has 3 rings (SSSR count). The average Bonchev–Trinajstić information content (AvgIpc) is 3.00. The number of carboxylic acids is 1. The van der Waals surface area contributed by atoms with E-state index in [1.54, 1.807) is 19.1 Å². The van der Waals surface area contributed by atoms with Gasteiger partial charge >= 0.3 is 5.97 Å². The molecule has 1 aliphatic rings. The van der Waals surface area contributed by atoms with Crippen molar-refractivity contribution in [3.05, 3.63) is 60.2 Å². The molecule has 2 aromatic rings. The van der Waals surface area contributed by atoms with Gasteiger partial charge in [-0.3, -0.25) is 9.59 Å². The molecule has 1 saturated heterocycles. The summed E-state index contributed by atoms with van der Waals surface area (Å²) >= 11 is 1.53. The molecule has 5 N–H and O–H groups in total. The van der Waals surface area contributed by atoms with Gasteiger partial charge in [-0.25, -0.2) is 4.79 Å². The Kier molecular flexibility index (Phi) is 13.1. The van der Waals surface area contributed by atoms with Crippen LogP contribution in [0.5, 0.6) is 0 Å². The molecule has 0 aliphatic carbocycles. The predicted octanol–water partition coefficient (Wildman–Crippen LogP) is 2.24. The Morgan fingerprint density at radius 1 is 1.12 bits per heavy atom. The molecular formula is C31H40N2O9S. The lowest BCUT2D eigenvalue weighted by Gasteiger charge is -2.47. The van der Waals surface area contributed by atoms with Crippen LogP contribution in [0.25, 0.3) is 11.1 Å². The third-order valence-corrected chi connectivity index (χ3v) is 8.37. The molecule has 0 bridgehead atoms. The van der Waals surface area contributed by atoms with Crippen LogP contribution >= 0.6 is 11.8 Å². The van der Waals surface area contributed by atoms with Gasteiger partial charge in [0.1, 0.15) is 6.29 Å². The molecule has 43 heavy (non-hydrogen) atoms. The first kappa shape index (κ1) is 34.2. The lowest BCUT2D eigenvalue weighted by atomic mass is 9.84. The molecule has 0 spiro atoms. The number of aliphatic hydroxyl groups excluding tert-OH is 2. The van der Waals surface area contributed by atoms with Crippen LogP contribution in [0.4, 0.5) is 0 Å². The van der Waals surface area contributed by atoms with Crippen LogP contribution < -0.4 is 10.6 Å². The van der Waals surface area contributed by atoms with Gasteiger partial charge in [-0.1, -0.05) is 49.4 Å². The van der Waals surface area contributed by atoms with Crippen molar-refractivity contribution >= 4 is 35.8 Å². The molecule has 0 unspecified atom stereocenters. The van der Waals surface area contributed by atoms with Crippen molar-refractivity contribution in [1.29, 1.82) is 0 Å². The number of aliphatic carboxylic acids is 1. The lowest BCUT2D eigenvalue weighted by molar-refractivity contribution is -0.304. The number of carbonyl (C=O) groups is 4. The van der Waals surface area contributed by atoms with Crippen molar-refractivity contribution in [2.24, 2.45) is 5.92 Å². The minimum atomic E-state index is -2.20. The van der Waals surface area contributed by atoms with Gasteiger partial charge in [0.05, 0.1) is 31.0 Å². The second kappa shape index (κ2) is 16.5. The third-order valence-electron chi connectivity index (χ3n) is 7.27. The van der Waals surface area contributed by atoms with E-state index in [-0.39, 0.29) is 13.2 Å². The van der Waals surface area contributed by atoms with E-state index < -0.39 is 60.3 Å². The first-order valence-corrected chi connectivity index (χ1v) is 15.4. The molecule has 2 aromatic carbocycles. The summed E-state index contributed by atoms with van der Waals surface area (Å²) in [6, 6.07) is 15.7. The van der Waals surface area contributed by atoms with Gasteiger partial charge < -0.3 is 40.2 Å². The van der Waals surface area contributed by atoms with Crippen LogP contribution in [0, 0.1) is 5.92 Å². The van der Waals surface area contributed by atoms with Crippen LogP contribution in [0.2, 0.25) is 0 Å². The fraction of sp³-hybridized carbons (Fsp3) is 0.484. The van der Waals surface area contributed by atoms with Gasteiger partial charge in [-0.05, 0) is 41.2 Å². The minimum absolute atomic E-state index is 0.0146. The van der Waals surface area contributed by atoms with Crippen LogP contribution in [0.15, 0.2) is 54.6 Å². The molecule has 1 heterocycles. The summed E-state index contributed by atoms with van der Waals surface area (Å²) in [6.07, 6.45) is -2.45. The quantitative estimate of drug-likeness (QED) is 0.139. The molecule has 12 heteroatoms. The molecule has 6 atom stereocenters. The normalized spacial score (nSPS) is 23.1. The van der Waals surface area contributed by atoms with E-state index in [1.807, 2.05) is 42.5 Å². The third kappa shape index (κ3) is 9.60. The molecule has 0 saturated carbocycles. The number of aliphatic hydroxyl groups is 2. The fourth-order valence-electron chi connectivity index (χ4n) is 4.88. The molecule has 1 aliphatic heterocycles. The maximum absolute atomic E-state index is 12.8. The van der Waals surface area contributed by atoms with Gasteiger partial charge in [0.15, 0.2) is 0 Å². The van der Waals surface area contributed by atoms with Crippen molar-refractivity contribution in [3.63, 3.8) is 0 Å². The monoisotopic (exact) mass is 616 g/mol. The SMILES string of the molecule is CC(=O)N[C@H]1[C@H]([C@H](C)[C@H](O)CNC(=O)c2ccc(-c3ccccc3)cc2)O[C@@](OCCCSCCC=O)(C(=O)O)C[C@@H]1O. The van der Waals surface area contributed by atoms with Crippen molar-refractivity contribution in [2.45, 2.75) is 63.3 Å². The Balaban J connectivity index is 1.66. The van der Waals surface area contributed by atoms with Crippen LogP contribution in [0.3, 0.4) is 0 Å². The number of benzene rings is 2. The van der Waals surface area contributed by atoms with E-state index in [9.17, 15) is 34.5 Å². The van der Waals surface area contributed by atoms with E-state index in [2.05, 4.69) is 10.6 Å². The number of aldehydes is 1. The molecule has 11 nitrogen and oxygen atoms in total. The van der Waals surface area contributed by atoms with Crippen molar-refractivity contribution in [1.82, 2.24) is 10.6 Å². The number of rotatable bonds is 16. The number of amides is 2. The lowest BCUT2D eigenvalue weighted by Crippen LogP contribution is -2.66. The standard InChI is InChI=1S/C31H40N2O9S/c1-20(26(37)19-32-29(38)24-12-10-23(11-13-24)22-8-4-3-5-9-22)28-27(33-21(2)35)25(36)18-31(42-28,30(39)40)41-15-7-17-43-16-6-14-34/h3-5,8-14,20,25-28,36-37H,6-7,15-19H2,1-2H3,(H,32,38)(H,33,35)(H,39,40)/t20-,25+,26-,27-,28+,31-/m1/s1. The van der Waals surface area contributed by atoms with Crippen molar-refractivity contribution in [2.75, 3.05) is 24.7 Å². The molecule has 0 aromatic heterocycles. The van der Waals surface area contributed by atoms with Gasteiger partial charge in [-0.15, -0.1) is 0 Å². The Morgan fingerprint density at radius 2 is 1.79 bits per heavy atom. The summed E-state index contributed by atoms with van der Waals surface area (Å²) in [5.41, 5.74) is 2.35. The Labute approximate surface area is 255 Å². The zero-order valence-electron chi connectivity index (χ0n) is 24.3. The highest BCUT2D eigenvalue weighted by Gasteiger charge is 2.55. The molecule has 234 valence electrons. The predicted molar refractivity (Wildman–Crippen MR) is 161 cm³/mol. The van der Waals surface area contributed by atoms with E-state index in [0.29, 0.717) is 29.9 Å². The zero-order chi connectivity index (χ0) is 31.4. The summed E-state index contributed by atoms with van der Waals surface area (Å²) in [7, 11) is 0. The van der Waals surface area contributed by atoms with E-state index >= 15 is 0 Å². The average molecular weight is 617 g/mol. The number of hydrogen-bond donors (Lipinski definition) is 5. The molecule has 0 radical (unpaired) electrons. The number of thioether (sulfide) groups is 1. The summed E-state index contributed by atoms with van der Waals surface area (Å²) in [4.78, 5) is 47.6. The Bertz CT molecular complexity index is 1210. The Morgan fingerprint density at radius 3 is 2.42 bits per heavy atom. The topological polar surface area (TPSA) is 171 Å². The first-order chi connectivity index (χ1) is 20.6. The van der Waals surface area contributed by atoms with E-state index in [1.165, 1.54) is 18.7 Å². The van der Waals surface area contributed by atoms with E-state index in [0.717, 1.165) is 17.4 Å². The summed E-state index contributed by atoms with van der Waals surface area (Å²) in [6.45, 7) is 2.66. The maximum atomic E-state index is 12.8. The zero-order valence-corrected chi connectivity index (χ0v) is 25.1. The highest BCUT2D eigenvalue weighted by Crippen LogP contribution is 2.35. The maximum Gasteiger partial charge on any atom is 0.364 e. The van der Waals surface area contributed by atoms with Gasteiger partial charge in [0, 0.05) is 37.8 Å². The van der Waals surface area contributed by atoms with Crippen LogP contribution in [-0.4, -0.2) is 94.2 Å². The number of ether oxygens (including phenoxy) is 2. The molecule has 1 fully saturated rings. The first-order valence-electron chi connectivity index (χ1n) is 14.2. The number of carboxylic acid groups (broad SMARTS) is 1. The fourth-order valence-corrected chi connectivity index (χ4v) is 5.67. The highest BCUT2D eigenvalue weighted by molar-refractivity contribution is 7.99. The minimum Gasteiger partial charge on any atom is -0.477 e. The molecular weight excluding hydrogens is 576 g/mol. The van der Waals surface area contributed by atoms with Gasteiger partial charge in [-0.2, -0.15) is 11.8 Å². The van der Waals surface area contributed by atoms with E-state index in [4.69, 9.17) is 9.47 Å². The smallest absolute Gasteiger partial charge is 0.364 e. The second-order valence-corrected chi connectivity index (χ2v) is 11.7. The van der Waals surface area contributed by atoms with Crippen LogP contribution in [0.1, 0.15) is 43.5 Å². The number of nitrogens with one attached hydrogen (secondary N) is 2. The van der Waals surface area contributed by atoms with Crippen molar-refractivity contribution < 1.29 is 44.0 Å². The summed E-state index contributed by atoms with van der Waals surface area (Å²) in [5.74, 6) is -4.09. The summed E-state index contributed by atoms with van der Waals surface area (Å²) < 4.78 is 11.7. The summed E-state index contributed by atoms with van der Waals surface area (Å²) in [5, 5.41) is 37.3. The molecule has 2 amide bonds. The largest absolute Gasteiger partial charge is 0.477 e. The van der Waals surface area contributed by atoms with Gasteiger partial charge in [0.2, 0.25) is 5.91 Å². The Hall–Kier alpha value is -3.29. The van der Waals surface area contributed by atoms with Crippen LogP contribution in [-0.2, 0) is 23.9 Å². The second-order valence-electron chi connectivity index (χ2n) is 10.5. The highest BCUT2D eigenvalue weighted by atomic mass is 32.2. The number of carbonyl (C=O) groups excluding carboxylic acids is 3. The number of hydrogen-bond acceptors (Lipinski definition) is 9. The van der Waals surface area contributed by atoms with Gasteiger partial charge in [0.25, 0.3) is 11.7 Å².